The maximum absolute atomic E-state index is 12.9. The Morgan fingerprint density at radius 1 is 1.32 bits per heavy atom. The van der Waals surface area contributed by atoms with Crippen molar-refractivity contribution < 1.29 is 17.6 Å². The summed E-state index contributed by atoms with van der Waals surface area (Å²) < 4.78 is 36.4. The van der Waals surface area contributed by atoms with Crippen LogP contribution in [-0.4, -0.2) is 41.1 Å². The van der Waals surface area contributed by atoms with Crippen LogP contribution in [0.3, 0.4) is 0 Å². The molecule has 4 nitrogen and oxygen atoms in total. The molecule has 0 aromatic heterocycles. The summed E-state index contributed by atoms with van der Waals surface area (Å²) in [4.78, 5) is 14.3. The molecule has 2 saturated heterocycles. The second-order valence-electron chi connectivity index (χ2n) is 5.16. The predicted octanol–water partition coefficient (Wildman–Crippen LogP) is 2.21. The van der Waals surface area contributed by atoms with E-state index in [2.05, 4.69) is 0 Å². The van der Waals surface area contributed by atoms with Gasteiger partial charge in [0.1, 0.15) is 10.1 Å². The molecule has 22 heavy (non-hydrogen) atoms. The third-order valence-electron chi connectivity index (χ3n) is 3.56. The second-order valence-corrected chi connectivity index (χ2v) is 9.06. The first-order valence-electron chi connectivity index (χ1n) is 6.59. The number of carbonyl (C=O) groups is 1. The van der Waals surface area contributed by atoms with Crippen molar-refractivity contribution in [3.63, 3.8) is 0 Å². The van der Waals surface area contributed by atoms with Crippen molar-refractivity contribution in [3.05, 3.63) is 40.6 Å². The first kappa shape index (κ1) is 15.6. The zero-order chi connectivity index (χ0) is 15.9. The van der Waals surface area contributed by atoms with Gasteiger partial charge in [0.15, 0.2) is 9.84 Å². The number of nitrogens with zero attached hydrogens (tertiary/aromatic N) is 1. The van der Waals surface area contributed by atoms with Gasteiger partial charge in [-0.3, -0.25) is 9.69 Å². The van der Waals surface area contributed by atoms with E-state index in [1.807, 2.05) is 0 Å². The number of thioether (sulfide) groups is 1. The molecular weight excluding hydrogens is 345 g/mol. The Labute approximate surface area is 137 Å². The van der Waals surface area contributed by atoms with Crippen LogP contribution < -0.4 is 0 Å². The maximum Gasteiger partial charge on any atom is 0.266 e. The smallest absolute Gasteiger partial charge is 0.266 e. The van der Waals surface area contributed by atoms with Gasteiger partial charge in [-0.15, -0.1) is 0 Å². The third kappa shape index (κ3) is 3.09. The van der Waals surface area contributed by atoms with Gasteiger partial charge in [-0.25, -0.2) is 12.8 Å². The highest BCUT2D eigenvalue weighted by Crippen LogP contribution is 2.36. The Hall–Kier alpha value is -1.25. The van der Waals surface area contributed by atoms with E-state index in [0.29, 0.717) is 21.2 Å². The number of hydrogen-bond acceptors (Lipinski definition) is 5. The van der Waals surface area contributed by atoms with Gasteiger partial charge >= 0.3 is 0 Å². The zero-order valence-electron chi connectivity index (χ0n) is 11.4. The van der Waals surface area contributed by atoms with E-state index >= 15 is 0 Å². The minimum absolute atomic E-state index is 0.0384. The summed E-state index contributed by atoms with van der Waals surface area (Å²) in [7, 11) is -3.08. The van der Waals surface area contributed by atoms with E-state index in [-0.39, 0.29) is 29.3 Å². The zero-order valence-corrected chi connectivity index (χ0v) is 13.8. The number of halogens is 1. The van der Waals surface area contributed by atoms with E-state index in [4.69, 9.17) is 12.2 Å². The molecule has 0 bridgehead atoms. The average Bonchev–Trinajstić information content (AvgIpc) is 2.93. The van der Waals surface area contributed by atoms with Gasteiger partial charge in [0, 0.05) is 0 Å². The molecule has 2 aliphatic rings. The number of sulfone groups is 1. The minimum atomic E-state index is -3.08. The molecule has 2 fully saturated rings. The minimum Gasteiger partial charge on any atom is -0.289 e. The van der Waals surface area contributed by atoms with Crippen molar-refractivity contribution in [3.8, 4) is 0 Å². The van der Waals surface area contributed by atoms with E-state index < -0.39 is 9.84 Å². The summed E-state index contributed by atoms with van der Waals surface area (Å²) in [5.41, 5.74) is 0.695. The van der Waals surface area contributed by atoms with Crippen LogP contribution in [0.15, 0.2) is 29.2 Å². The normalized spacial score (nSPS) is 26.1. The van der Waals surface area contributed by atoms with Crippen molar-refractivity contribution in [1.29, 1.82) is 0 Å². The summed E-state index contributed by atoms with van der Waals surface area (Å²) in [6.07, 6.45) is 2.06. The van der Waals surface area contributed by atoms with Gasteiger partial charge in [-0.2, -0.15) is 0 Å². The highest BCUT2D eigenvalue weighted by Gasteiger charge is 2.41. The molecule has 116 valence electrons. The number of hydrogen-bond donors (Lipinski definition) is 0. The van der Waals surface area contributed by atoms with Crippen molar-refractivity contribution >= 4 is 50.1 Å². The van der Waals surface area contributed by atoms with Gasteiger partial charge in [0.2, 0.25) is 0 Å². The third-order valence-corrected chi connectivity index (χ3v) is 6.65. The number of amides is 1. The van der Waals surface area contributed by atoms with Crippen LogP contribution in [0.4, 0.5) is 4.39 Å². The van der Waals surface area contributed by atoms with Crippen molar-refractivity contribution in [2.75, 3.05) is 11.5 Å². The number of thiocarbonyl (C=S) groups is 1. The van der Waals surface area contributed by atoms with Gasteiger partial charge < -0.3 is 0 Å². The molecule has 8 heteroatoms. The molecule has 1 amide bonds. The highest BCUT2D eigenvalue weighted by molar-refractivity contribution is 8.26. The van der Waals surface area contributed by atoms with Crippen LogP contribution in [0.2, 0.25) is 0 Å². The molecule has 0 saturated carbocycles. The molecule has 0 N–H and O–H groups in total. The Kier molecular flexibility index (Phi) is 4.09. The molecule has 0 radical (unpaired) electrons. The molecule has 1 aromatic rings. The molecule has 2 heterocycles. The Morgan fingerprint density at radius 3 is 2.59 bits per heavy atom. The number of rotatable bonds is 2. The summed E-state index contributed by atoms with van der Waals surface area (Å²) in [5.74, 6) is -0.572. The summed E-state index contributed by atoms with van der Waals surface area (Å²) in [6.45, 7) is 0. The Balaban J connectivity index is 1.84. The van der Waals surface area contributed by atoms with Crippen LogP contribution in [-0.2, 0) is 14.6 Å². The van der Waals surface area contributed by atoms with Gasteiger partial charge in [0.25, 0.3) is 5.91 Å². The molecule has 0 spiro atoms. The maximum atomic E-state index is 12.9. The van der Waals surface area contributed by atoms with Crippen LogP contribution >= 0.6 is 24.0 Å². The van der Waals surface area contributed by atoms with Crippen LogP contribution in [0.1, 0.15) is 12.0 Å². The molecule has 1 aromatic carbocycles. The highest BCUT2D eigenvalue weighted by atomic mass is 32.2. The molecule has 1 atom stereocenters. The van der Waals surface area contributed by atoms with Crippen molar-refractivity contribution in [2.24, 2.45) is 0 Å². The molecule has 3 rings (SSSR count). The fourth-order valence-electron chi connectivity index (χ4n) is 2.48. The monoisotopic (exact) mass is 357 g/mol. The van der Waals surface area contributed by atoms with Crippen molar-refractivity contribution in [2.45, 2.75) is 12.5 Å². The van der Waals surface area contributed by atoms with Crippen LogP contribution in [0, 0.1) is 5.82 Å². The van der Waals surface area contributed by atoms with E-state index in [0.717, 1.165) is 11.8 Å². The predicted molar refractivity (Wildman–Crippen MR) is 88.5 cm³/mol. The van der Waals surface area contributed by atoms with Gasteiger partial charge in [-0.1, -0.05) is 36.1 Å². The second kappa shape index (κ2) is 5.75. The molecule has 1 unspecified atom stereocenters. The van der Waals surface area contributed by atoms with Crippen molar-refractivity contribution in [1.82, 2.24) is 4.90 Å². The van der Waals surface area contributed by atoms with Crippen LogP contribution in [0.25, 0.3) is 6.08 Å². The Morgan fingerprint density at radius 2 is 2.00 bits per heavy atom. The SMILES string of the molecule is O=C1C(=Cc2ccc(F)cc2)SC(=S)N1C1CCS(=O)(=O)C1. The summed E-state index contributed by atoms with van der Waals surface area (Å²) in [5, 5.41) is 0. The lowest BCUT2D eigenvalue weighted by Crippen LogP contribution is -2.39. The Bertz CT molecular complexity index is 771. The number of carbonyl (C=O) groups excluding carboxylic acids is 1. The lowest BCUT2D eigenvalue weighted by molar-refractivity contribution is -0.123. The lowest BCUT2D eigenvalue weighted by atomic mass is 10.2. The largest absolute Gasteiger partial charge is 0.289 e. The topological polar surface area (TPSA) is 54.5 Å². The van der Waals surface area contributed by atoms with Gasteiger partial charge in [0.05, 0.1) is 22.5 Å². The van der Waals surface area contributed by atoms with E-state index in [1.54, 1.807) is 18.2 Å². The first-order valence-corrected chi connectivity index (χ1v) is 9.63. The molecular formula is C14H12FNO3S3. The number of benzene rings is 1. The summed E-state index contributed by atoms with van der Waals surface area (Å²) in [6, 6.07) is 5.40. The average molecular weight is 357 g/mol. The summed E-state index contributed by atoms with van der Waals surface area (Å²) >= 11 is 6.36. The first-order chi connectivity index (χ1) is 10.4. The lowest BCUT2D eigenvalue weighted by Gasteiger charge is -2.20. The fourth-order valence-corrected chi connectivity index (χ4v) is 5.58. The fraction of sp³-hybridized carbons (Fsp3) is 0.286. The van der Waals surface area contributed by atoms with E-state index in [9.17, 15) is 17.6 Å². The molecule has 0 aliphatic carbocycles. The van der Waals surface area contributed by atoms with Crippen LogP contribution in [0.5, 0.6) is 0 Å². The van der Waals surface area contributed by atoms with E-state index in [1.165, 1.54) is 17.0 Å². The quantitative estimate of drug-likeness (QED) is 0.600. The van der Waals surface area contributed by atoms with Gasteiger partial charge in [-0.05, 0) is 30.2 Å². The molecule has 2 aliphatic heterocycles. The standard InChI is InChI=1S/C14H12FNO3S3/c15-10-3-1-9(2-4-10)7-12-13(17)16(14(20)21-12)11-5-6-22(18,19)8-11/h1-4,7,11H,5-6,8H2.